The van der Waals surface area contributed by atoms with Crippen LogP contribution >= 0.6 is 0 Å². The van der Waals surface area contributed by atoms with Crippen molar-refractivity contribution in [2.45, 2.75) is 262 Å². The maximum absolute atomic E-state index is 13.0. The molecule has 57 heavy (non-hydrogen) atoms. The Morgan fingerprint density at radius 2 is 1.00 bits per heavy atom. The number of carbonyl (C=O) groups is 1. The van der Waals surface area contributed by atoms with Gasteiger partial charge in [-0.25, -0.2) is 0 Å². The van der Waals surface area contributed by atoms with Gasteiger partial charge in [0.15, 0.2) is 6.29 Å². The Labute approximate surface area is 349 Å². The number of unbranched alkanes of at least 4 members (excludes halogenated alkanes) is 28. The highest BCUT2D eigenvalue weighted by molar-refractivity contribution is 5.76. The molecule has 9 heteroatoms. The van der Waals surface area contributed by atoms with E-state index in [0.717, 1.165) is 38.5 Å². The smallest absolute Gasteiger partial charge is 0.220 e. The van der Waals surface area contributed by atoms with Gasteiger partial charge in [-0.05, 0) is 32.1 Å². The molecule has 0 saturated carbocycles. The van der Waals surface area contributed by atoms with Gasteiger partial charge in [0.1, 0.15) is 24.4 Å². The number of carbonyl (C=O) groups excluding carboxylic acids is 1. The van der Waals surface area contributed by atoms with Crippen molar-refractivity contribution in [3.05, 3.63) is 24.3 Å². The van der Waals surface area contributed by atoms with Crippen LogP contribution in [0.1, 0.15) is 219 Å². The van der Waals surface area contributed by atoms with E-state index < -0.39 is 49.5 Å². The average Bonchev–Trinajstić information content (AvgIpc) is 3.21. The van der Waals surface area contributed by atoms with E-state index in [1.54, 1.807) is 6.08 Å². The highest BCUT2D eigenvalue weighted by Gasteiger charge is 2.44. The van der Waals surface area contributed by atoms with E-state index in [0.29, 0.717) is 6.42 Å². The minimum absolute atomic E-state index is 0.184. The molecule has 0 bridgehead atoms. The third-order valence-corrected chi connectivity index (χ3v) is 11.5. The van der Waals surface area contributed by atoms with Crippen LogP contribution in [0.15, 0.2) is 24.3 Å². The van der Waals surface area contributed by atoms with Crippen molar-refractivity contribution in [1.82, 2.24) is 5.32 Å². The molecule has 2 unspecified atom stereocenters. The fourth-order valence-electron chi connectivity index (χ4n) is 7.64. The second kappa shape index (κ2) is 38.8. The average molecular weight is 810 g/mol. The fraction of sp³-hybridized carbons (Fsp3) is 0.896. The van der Waals surface area contributed by atoms with E-state index in [1.807, 2.05) is 6.08 Å². The SMILES string of the molecule is CCCCCCCCCCCC/C=C/CC/C=C/[C@@H](O)[C@H](CO[C@H]1O[C@@H](CO)[C@H](O)C(O)C1O)NC(=O)CCCCCCCCCCCCCCCCCCCC. The third-order valence-electron chi connectivity index (χ3n) is 11.5. The minimum Gasteiger partial charge on any atom is -0.394 e. The molecule has 0 aromatic carbocycles. The molecule has 0 aromatic rings. The summed E-state index contributed by atoms with van der Waals surface area (Å²) in [6, 6.07) is -0.816. The third kappa shape index (κ3) is 29.5. The van der Waals surface area contributed by atoms with Crippen molar-refractivity contribution in [3.8, 4) is 0 Å². The summed E-state index contributed by atoms with van der Waals surface area (Å²) in [5, 5.41) is 54.2. The zero-order valence-corrected chi connectivity index (χ0v) is 36.9. The topological polar surface area (TPSA) is 149 Å². The Morgan fingerprint density at radius 1 is 0.579 bits per heavy atom. The molecule has 336 valence electrons. The summed E-state index contributed by atoms with van der Waals surface area (Å²) in [4.78, 5) is 13.0. The first-order valence-electron chi connectivity index (χ1n) is 24.1. The zero-order valence-electron chi connectivity index (χ0n) is 36.9. The van der Waals surface area contributed by atoms with Crippen molar-refractivity contribution < 1.29 is 39.8 Å². The van der Waals surface area contributed by atoms with Gasteiger partial charge < -0.3 is 40.3 Å². The maximum atomic E-state index is 13.0. The summed E-state index contributed by atoms with van der Waals surface area (Å²) in [6.45, 7) is 3.77. The van der Waals surface area contributed by atoms with Crippen molar-refractivity contribution in [1.29, 1.82) is 0 Å². The van der Waals surface area contributed by atoms with Gasteiger partial charge >= 0.3 is 0 Å². The predicted octanol–water partition coefficient (Wildman–Crippen LogP) is 10.3. The molecule has 0 spiro atoms. The van der Waals surface area contributed by atoms with Gasteiger partial charge in [-0.3, -0.25) is 4.79 Å². The van der Waals surface area contributed by atoms with Gasteiger partial charge in [0, 0.05) is 6.42 Å². The zero-order chi connectivity index (χ0) is 41.6. The van der Waals surface area contributed by atoms with Crippen LogP contribution in [-0.2, 0) is 14.3 Å². The van der Waals surface area contributed by atoms with Crippen LogP contribution in [0.4, 0.5) is 0 Å². The minimum atomic E-state index is -1.57. The number of hydrogen-bond acceptors (Lipinski definition) is 8. The van der Waals surface area contributed by atoms with E-state index in [-0.39, 0.29) is 12.5 Å². The van der Waals surface area contributed by atoms with Gasteiger partial charge in [-0.2, -0.15) is 0 Å². The molecule has 1 rings (SSSR count). The van der Waals surface area contributed by atoms with Crippen molar-refractivity contribution in [2.75, 3.05) is 13.2 Å². The van der Waals surface area contributed by atoms with Crippen LogP contribution in [-0.4, -0.2) is 87.5 Å². The second-order valence-corrected chi connectivity index (χ2v) is 16.9. The molecule has 6 N–H and O–H groups in total. The van der Waals surface area contributed by atoms with E-state index in [1.165, 1.54) is 161 Å². The number of rotatable bonds is 40. The Morgan fingerprint density at radius 3 is 1.47 bits per heavy atom. The van der Waals surface area contributed by atoms with Crippen molar-refractivity contribution >= 4 is 5.91 Å². The van der Waals surface area contributed by atoms with Crippen molar-refractivity contribution in [2.24, 2.45) is 0 Å². The summed E-state index contributed by atoms with van der Waals surface area (Å²) in [5.74, 6) is -0.184. The second-order valence-electron chi connectivity index (χ2n) is 16.9. The lowest BCUT2D eigenvalue weighted by Crippen LogP contribution is -2.60. The van der Waals surface area contributed by atoms with Crippen LogP contribution in [0.5, 0.6) is 0 Å². The Balaban J connectivity index is 2.35. The largest absolute Gasteiger partial charge is 0.394 e. The number of nitrogens with one attached hydrogen (secondary N) is 1. The maximum Gasteiger partial charge on any atom is 0.220 e. The fourth-order valence-corrected chi connectivity index (χ4v) is 7.64. The summed E-state index contributed by atoms with van der Waals surface area (Å²) >= 11 is 0. The first kappa shape index (κ1) is 53.7. The molecule has 1 aliphatic rings. The van der Waals surface area contributed by atoms with Gasteiger partial charge in [0.05, 0.1) is 25.4 Å². The first-order valence-corrected chi connectivity index (χ1v) is 24.1. The number of aliphatic hydroxyl groups is 5. The van der Waals surface area contributed by atoms with Gasteiger partial charge in [0.2, 0.25) is 5.91 Å². The van der Waals surface area contributed by atoms with Crippen LogP contribution in [0.3, 0.4) is 0 Å². The number of allylic oxidation sites excluding steroid dienone is 3. The highest BCUT2D eigenvalue weighted by atomic mass is 16.7. The van der Waals surface area contributed by atoms with Gasteiger partial charge in [0.25, 0.3) is 0 Å². The predicted molar refractivity (Wildman–Crippen MR) is 235 cm³/mol. The lowest BCUT2D eigenvalue weighted by Gasteiger charge is -2.40. The molecule has 1 amide bonds. The number of ether oxygens (including phenoxy) is 2. The Hall–Kier alpha value is -1.33. The van der Waals surface area contributed by atoms with Crippen molar-refractivity contribution in [3.63, 3.8) is 0 Å². The van der Waals surface area contributed by atoms with E-state index in [9.17, 15) is 30.3 Å². The summed E-state index contributed by atoms with van der Waals surface area (Å²) in [5.41, 5.74) is 0. The molecule has 9 nitrogen and oxygen atoms in total. The van der Waals surface area contributed by atoms with Crippen LogP contribution in [0.2, 0.25) is 0 Å². The number of hydrogen-bond donors (Lipinski definition) is 6. The molecular formula is C48H91NO8. The van der Waals surface area contributed by atoms with Gasteiger partial charge in [-0.1, -0.05) is 205 Å². The number of aliphatic hydroxyl groups excluding tert-OH is 5. The van der Waals surface area contributed by atoms with Crippen LogP contribution in [0.25, 0.3) is 0 Å². The lowest BCUT2D eigenvalue weighted by molar-refractivity contribution is -0.302. The van der Waals surface area contributed by atoms with Crippen LogP contribution < -0.4 is 5.32 Å². The lowest BCUT2D eigenvalue weighted by atomic mass is 9.99. The molecule has 7 atom stereocenters. The Bertz CT molecular complexity index is 945. The molecular weight excluding hydrogens is 719 g/mol. The Kier molecular flexibility index (Phi) is 36.6. The quantitative estimate of drug-likeness (QED) is 0.0265. The molecule has 1 saturated heterocycles. The molecule has 1 heterocycles. The summed E-state index contributed by atoms with van der Waals surface area (Å²) in [6.07, 6.45) is 39.4. The van der Waals surface area contributed by atoms with E-state index in [4.69, 9.17) is 9.47 Å². The molecule has 0 aliphatic carbocycles. The summed E-state index contributed by atoms with van der Waals surface area (Å²) < 4.78 is 11.2. The molecule has 0 radical (unpaired) electrons. The first-order chi connectivity index (χ1) is 27.8. The van der Waals surface area contributed by atoms with E-state index in [2.05, 4.69) is 31.3 Å². The van der Waals surface area contributed by atoms with Crippen LogP contribution in [0, 0.1) is 0 Å². The molecule has 1 aliphatic heterocycles. The van der Waals surface area contributed by atoms with Gasteiger partial charge in [-0.15, -0.1) is 0 Å². The highest BCUT2D eigenvalue weighted by Crippen LogP contribution is 2.23. The summed E-state index contributed by atoms with van der Waals surface area (Å²) in [7, 11) is 0. The molecule has 1 fully saturated rings. The normalized spacial score (nSPS) is 21.1. The molecule has 0 aromatic heterocycles. The monoisotopic (exact) mass is 810 g/mol. The standard InChI is InChI=1S/C48H91NO8/c1-3-5-7-9-11-13-15-17-19-21-22-24-26-28-30-32-34-36-38-44(52)49-41(40-56-48-47(55)46(54)45(53)43(39-50)57-48)42(51)37-35-33-31-29-27-25-23-20-18-16-14-12-10-8-6-4-2/h27,29,35,37,41-43,45-48,50-51,53-55H,3-26,28,30-34,36,38-40H2,1-2H3,(H,49,52)/b29-27+,37-35+/t41-,42+,43-,45-,46?,47?,48-/m0/s1. The number of amides is 1. The van der Waals surface area contributed by atoms with E-state index >= 15 is 0 Å².